The molecule has 1 heterocycles. The number of ketones is 1. The van der Waals surface area contributed by atoms with Crippen LogP contribution in [0.15, 0.2) is 41.3 Å². The molecule has 1 aliphatic rings. The van der Waals surface area contributed by atoms with Gasteiger partial charge in [-0.3, -0.25) is 14.9 Å². The van der Waals surface area contributed by atoms with E-state index in [1.807, 2.05) is 25.1 Å². The Hall–Kier alpha value is -2.14. The fourth-order valence-corrected chi connectivity index (χ4v) is 3.30. The maximum absolute atomic E-state index is 12.6. The molecule has 4 nitrogen and oxygen atoms in total. The third kappa shape index (κ3) is 2.10. The molecule has 0 radical (unpaired) electrons. The van der Waals surface area contributed by atoms with Gasteiger partial charge < -0.3 is 0 Å². The Bertz CT molecular complexity index is 740. The first kappa shape index (κ1) is 12.9. The normalized spacial score (nSPS) is 13.3. The molecule has 2 aromatic rings. The molecule has 2 aromatic carbocycles. The van der Waals surface area contributed by atoms with Crippen LogP contribution in [0.1, 0.15) is 27.0 Å². The minimum Gasteiger partial charge on any atom is -0.289 e. The Morgan fingerprint density at radius 3 is 2.70 bits per heavy atom. The van der Waals surface area contributed by atoms with Crippen LogP contribution in [0.25, 0.3) is 0 Å². The molecule has 0 fully saturated rings. The summed E-state index contributed by atoms with van der Waals surface area (Å²) in [4.78, 5) is 23.9. The molecular formula is C15H11NO3S. The molecule has 3 rings (SSSR count). The first-order valence-corrected chi connectivity index (χ1v) is 7.10. The van der Waals surface area contributed by atoms with Crippen LogP contribution in [-0.2, 0) is 5.75 Å². The van der Waals surface area contributed by atoms with Crippen LogP contribution in [-0.4, -0.2) is 10.7 Å². The summed E-state index contributed by atoms with van der Waals surface area (Å²) < 4.78 is 0. The molecule has 0 spiro atoms. The lowest BCUT2D eigenvalue weighted by molar-refractivity contribution is -0.384. The van der Waals surface area contributed by atoms with Crippen molar-refractivity contribution in [2.45, 2.75) is 17.6 Å². The van der Waals surface area contributed by atoms with E-state index in [1.165, 1.54) is 12.1 Å². The number of nitro benzene ring substituents is 1. The number of benzene rings is 2. The zero-order chi connectivity index (χ0) is 14.3. The summed E-state index contributed by atoms with van der Waals surface area (Å²) >= 11 is 1.54. The second kappa shape index (κ2) is 4.76. The molecule has 0 aliphatic carbocycles. The highest BCUT2D eigenvalue weighted by atomic mass is 32.2. The predicted octanol–water partition coefficient (Wildman–Crippen LogP) is 3.74. The number of fused-ring (bicyclic) bond motifs is 2. The van der Waals surface area contributed by atoms with Gasteiger partial charge in [-0.2, -0.15) is 0 Å². The van der Waals surface area contributed by atoms with Crippen molar-refractivity contribution in [3.05, 3.63) is 68.8 Å². The van der Waals surface area contributed by atoms with E-state index in [9.17, 15) is 14.9 Å². The lowest BCUT2D eigenvalue weighted by Gasteiger charge is -2.05. The minimum atomic E-state index is -0.433. The van der Waals surface area contributed by atoms with Crippen LogP contribution < -0.4 is 0 Å². The summed E-state index contributed by atoms with van der Waals surface area (Å²) in [6.07, 6.45) is 0. The number of hydrogen-bond acceptors (Lipinski definition) is 4. The van der Waals surface area contributed by atoms with Gasteiger partial charge in [0.2, 0.25) is 0 Å². The van der Waals surface area contributed by atoms with E-state index in [0.717, 1.165) is 16.0 Å². The van der Waals surface area contributed by atoms with Gasteiger partial charge in [-0.25, -0.2) is 0 Å². The molecule has 5 heteroatoms. The summed E-state index contributed by atoms with van der Waals surface area (Å²) in [6, 6.07) is 10.2. The largest absolute Gasteiger partial charge is 0.289 e. The molecule has 0 amide bonds. The van der Waals surface area contributed by atoms with Crippen molar-refractivity contribution >= 4 is 23.2 Å². The van der Waals surface area contributed by atoms with Crippen LogP contribution in [0.4, 0.5) is 5.69 Å². The minimum absolute atomic E-state index is 0.0271. The Labute approximate surface area is 120 Å². The third-order valence-electron chi connectivity index (χ3n) is 3.31. The molecule has 100 valence electrons. The van der Waals surface area contributed by atoms with Crippen molar-refractivity contribution < 1.29 is 9.72 Å². The van der Waals surface area contributed by atoms with Crippen molar-refractivity contribution in [2.75, 3.05) is 0 Å². The number of nitrogens with zero attached hydrogens (tertiary/aromatic N) is 1. The molecule has 0 unspecified atom stereocenters. The summed E-state index contributed by atoms with van der Waals surface area (Å²) in [5.41, 5.74) is 3.03. The number of aryl methyl sites for hydroxylation is 1. The smallest absolute Gasteiger partial charge is 0.269 e. The Morgan fingerprint density at radius 2 is 1.95 bits per heavy atom. The van der Waals surface area contributed by atoms with Crippen LogP contribution in [0.2, 0.25) is 0 Å². The van der Waals surface area contributed by atoms with Crippen LogP contribution in [0.3, 0.4) is 0 Å². The van der Waals surface area contributed by atoms with E-state index in [-0.39, 0.29) is 11.5 Å². The first-order chi connectivity index (χ1) is 9.56. The number of thioether (sulfide) groups is 1. The maximum Gasteiger partial charge on any atom is 0.269 e. The van der Waals surface area contributed by atoms with Gasteiger partial charge in [-0.05, 0) is 30.7 Å². The highest BCUT2D eigenvalue weighted by Crippen LogP contribution is 2.35. The van der Waals surface area contributed by atoms with Gasteiger partial charge in [0.15, 0.2) is 5.78 Å². The zero-order valence-electron chi connectivity index (χ0n) is 10.8. The highest BCUT2D eigenvalue weighted by Gasteiger charge is 2.23. The molecule has 0 bridgehead atoms. The number of rotatable bonds is 1. The fraction of sp³-hybridized carbons (Fsp3) is 0.133. The van der Waals surface area contributed by atoms with Crippen molar-refractivity contribution in [2.24, 2.45) is 0 Å². The molecule has 1 aliphatic heterocycles. The topological polar surface area (TPSA) is 60.2 Å². The summed E-state index contributed by atoms with van der Waals surface area (Å²) in [5.74, 6) is 0.511. The van der Waals surface area contributed by atoms with Crippen molar-refractivity contribution in [1.82, 2.24) is 0 Å². The quantitative estimate of drug-likeness (QED) is 0.591. The summed E-state index contributed by atoms with van der Waals surface area (Å²) in [7, 11) is 0. The van der Waals surface area contributed by atoms with E-state index in [2.05, 4.69) is 0 Å². The van der Waals surface area contributed by atoms with Gasteiger partial charge in [-0.1, -0.05) is 11.6 Å². The van der Waals surface area contributed by atoms with Crippen LogP contribution >= 0.6 is 11.8 Å². The van der Waals surface area contributed by atoms with E-state index in [1.54, 1.807) is 17.8 Å². The molecule has 0 saturated carbocycles. The van der Waals surface area contributed by atoms with E-state index in [0.29, 0.717) is 16.9 Å². The third-order valence-corrected chi connectivity index (χ3v) is 4.43. The van der Waals surface area contributed by atoms with E-state index >= 15 is 0 Å². The average Bonchev–Trinajstić information content (AvgIpc) is 2.57. The van der Waals surface area contributed by atoms with Crippen LogP contribution in [0, 0.1) is 17.0 Å². The van der Waals surface area contributed by atoms with Crippen molar-refractivity contribution in [3.63, 3.8) is 0 Å². The van der Waals surface area contributed by atoms with Crippen molar-refractivity contribution in [1.29, 1.82) is 0 Å². The summed E-state index contributed by atoms with van der Waals surface area (Å²) in [6.45, 7) is 1.94. The van der Waals surface area contributed by atoms with Gasteiger partial charge in [0.25, 0.3) is 5.69 Å². The van der Waals surface area contributed by atoms with Gasteiger partial charge >= 0.3 is 0 Å². The molecular weight excluding hydrogens is 274 g/mol. The number of carbonyl (C=O) groups excluding carboxylic acids is 1. The lowest BCUT2D eigenvalue weighted by atomic mass is 9.98. The second-order valence-electron chi connectivity index (χ2n) is 4.72. The number of hydrogen-bond donors (Lipinski definition) is 0. The predicted molar refractivity (Wildman–Crippen MR) is 77.3 cm³/mol. The Morgan fingerprint density at radius 1 is 1.15 bits per heavy atom. The van der Waals surface area contributed by atoms with E-state index < -0.39 is 4.92 Å². The highest BCUT2D eigenvalue weighted by molar-refractivity contribution is 7.98. The number of non-ortho nitro benzene ring substituents is 1. The first-order valence-electron chi connectivity index (χ1n) is 6.12. The molecule has 20 heavy (non-hydrogen) atoms. The lowest BCUT2D eigenvalue weighted by Crippen LogP contribution is -2.04. The molecule has 0 atom stereocenters. The number of nitro groups is 1. The van der Waals surface area contributed by atoms with Crippen molar-refractivity contribution in [3.8, 4) is 0 Å². The molecule has 0 N–H and O–H groups in total. The SMILES string of the molecule is Cc1ccc2c(c1)C(=O)c1ccc([N+](=O)[O-])cc1CS2. The molecule has 0 saturated heterocycles. The molecule has 0 aromatic heterocycles. The standard InChI is InChI=1S/C15H11NO3S/c1-9-2-5-14-13(6-9)15(17)12-4-3-11(16(18)19)7-10(12)8-20-14/h2-7H,8H2,1H3. The monoisotopic (exact) mass is 285 g/mol. The Kier molecular flexibility index (Phi) is 3.06. The van der Waals surface area contributed by atoms with Gasteiger partial charge in [0.05, 0.1) is 4.92 Å². The van der Waals surface area contributed by atoms with Crippen LogP contribution in [0.5, 0.6) is 0 Å². The second-order valence-corrected chi connectivity index (χ2v) is 5.73. The fourth-order valence-electron chi connectivity index (χ4n) is 2.28. The number of carbonyl (C=O) groups is 1. The van der Waals surface area contributed by atoms with Gasteiger partial charge in [0.1, 0.15) is 0 Å². The van der Waals surface area contributed by atoms with E-state index in [4.69, 9.17) is 0 Å². The average molecular weight is 285 g/mol. The Balaban J connectivity index is 2.15. The van der Waals surface area contributed by atoms with Gasteiger partial charge in [0, 0.05) is 33.9 Å². The summed E-state index contributed by atoms with van der Waals surface area (Å²) in [5, 5.41) is 10.8. The zero-order valence-corrected chi connectivity index (χ0v) is 11.6. The maximum atomic E-state index is 12.6. The van der Waals surface area contributed by atoms with Gasteiger partial charge in [-0.15, -0.1) is 11.8 Å².